The van der Waals surface area contributed by atoms with Crippen LogP contribution in [0.5, 0.6) is 0 Å². The Bertz CT molecular complexity index is 629. The number of aromatic amines is 1. The van der Waals surface area contributed by atoms with Gasteiger partial charge in [0, 0.05) is 49.1 Å². The predicted octanol–water partition coefficient (Wildman–Crippen LogP) is 2.00. The van der Waals surface area contributed by atoms with Gasteiger partial charge in [-0.15, -0.1) is 0 Å². The highest BCUT2D eigenvalue weighted by Crippen LogP contribution is 2.23. The zero-order chi connectivity index (χ0) is 14.1. The van der Waals surface area contributed by atoms with E-state index in [2.05, 4.69) is 4.98 Å². The molecule has 0 atom stereocenters. The number of nitrogens with zero attached hydrogens (tertiary/aromatic N) is 1. The Labute approximate surface area is 117 Å². The lowest BCUT2D eigenvalue weighted by molar-refractivity contribution is 0.0363. The molecular weight excluding hydrogens is 254 g/mol. The molecule has 2 aromatic rings. The Kier molecular flexibility index (Phi) is 3.36. The normalized spacial score (nSPS) is 16.4. The van der Waals surface area contributed by atoms with Crippen LogP contribution in [0.1, 0.15) is 23.2 Å². The van der Waals surface area contributed by atoms with E-state index < -0.39 is 0 Å². The van der Waals surface area contributed by atoms with Crippen LogP contribution in [0.15, 0.2) is 24.4 Å². The average Bonchev–Trinajstić information content (AvgIpc) is 2.89. The fraction of sp³-hybridized carbons (Fsp3) is 0.400. The average molecular weight is 273 g/mol. The van der Waals surface area contributed by atoms with Crippen molar-refractivity contribution in [1.82, 2.24) is 9.88 Å². The molecule has 2 heterocycles. The van der Waals surface area contributed by atoms with Crippen molar-refractivity contribution in [2.45, 2.75) is 18.9 Å². The minimum atomic E-state index is 0.0490. The van der Waals surface area contributed by atoms with Crippen molar-refractivity contribution in [3.8, 4) is 0 Å². The fourth-order valence-corrected chi connectivity index (χ4v) is 2.75. The van der Waals surface area contributed by atoms with E-state index in [4.69, 9.17) is 10.5 Å². The van der Waals surface area contributed by atoms with Gasteiger partial charge in [-0.05, 0) is 31.0 Å². The van der Waals surface area contributed by atoms with Crippen molar-refractivity contribution in [3.05, 3.63) is 30.0 Å². The van der Waals surface area contributed by atoms with Gasteiger partial charge in [0.15, 0.2) is 0 Å². The molecule has 3 rings (SSSR count). The zero-order valence-corrected chi connectivity index (χ0v) is 11.6. The highest BCUT2D eigenvalue weighted by Gasteiger charge is 2.24. The summed E-state index contributed by atoms with van der Waals surface area (Å²) in [5.41, 5.74) is 8.05. The smallest absolute Gasteiger partial charge is 0.256 e. The molecule has 1 aliphatic heterocycles. The monoisotopic (exact) mass is 273 g/mol. The number of nitrogen functional groups attached to an aromatic ring is 1. The summed E-state index contributed by atoms with van der Waals surface area (Å²) < 4.78 is 5.35. The molecule has 1 aromatic carbocycles. The van der Waals surface area contributed by atoms with Crippen LogP contribution in [0, 0.1) is 0 Å². The molecule has 3 N–H and O–H groups in total. The van der Waals surface area contributed by atoms with Crippen molar-refractivity contribution in [2.75, 3.05) is 26.0 Å². The first kappa shape index (κ1) is 13.0. The highest BCUT2D eigenvalue weighted by molar-refractivity contribution is 6.07. The molecule has 5 heteroatoms. The Morgan fingerprint density at radius 1 is 1.40 bits per heavy atom. The number of hydrogen-bond acceptors (Lipinski definition) is 3. The first-order valence-corrected chi connectivity index (χ1v) is 6.88. The summed E-state index contributed by atoms with van der Waals surface area (Å²) in [4.78, 5) is 17.6. The topological polar surface area (TPSA) is 71.4 Å². The third kappa shape index (κ3) is 2.25. The number of benzene rings is 1. The summed E-state index contributed by atoms with van der Waals surface area (Å²) in [6.45, 7) is 1.46. The Balaban J connectivity index is 1.88. The van der Waals surface area contributed by atoms with Crippen LogP contribution in [0.2, 0.25) is 0 Å². The summed E-state index contributed by atoms with van der Waals surface area (Å²) in [5.74, 6) is 0.0490. The second-order valence-corrected chi connectivity index (χ2v) is 5.27. The number of rotatable bonds is 2. The second-order valence-electron chi connectivity index (χ2n) is 5.27. The van der Waals surface area contributed by atoms with E-state index in [9.17, 15) is 4.79 Å². The molecule has 1 aliphatic rings. The van der Waals surface area contributed by atoms with Gasteiger partial charge in [0.25, 0.3) is 5.91 Å². The number of anilines is 1. The minimum absolute atomic E-state index is 0.0490. The molecule has 106 valence electrons. The van der Waals surface area contributed by atoms with Gasteiger partial charge in [0.1, 0.15) is 0 Å². The number of aromatic nitrogens is 1. The molecule has 1 fully saturated rings. The molecule has 0 bridgehead atoms. The van der Waals surface area contributed by atoms with Gasteiger partial charge in [-0.25, -0.2) is 0 Å². The van der Waals surface area contributed by atoms with E-state index in [-0.39, 0.29) is 11.9 Å². The van der Waals surface area contributed by atoms with Crippen LogP contribution in [-0.4, -0.2) is 42.1 Å². The molecule has 1 aromatic heterocycles. The standard InChI is InChI=1S/C15H19N3O2/c1-18(11-4-6-20-7-5-11)15(19)13-9-17-14-8-10(16)2-3-12(13)14/h2-3,8-9,11,17H,4-7,16H2,1H3. The van der Waals surface area contributed by atoms with Crippen molar-refractivity contribution in [1.29, 1.82) is 0 Å². The molecule has 5 nitrogen and oxygen atoms in total. The van der Waals surface area contributed by atoms with Gasteiger partial charge in [0.2, 0.25) is 0 Å². The second kappa shape index (κ2) is 5.17. The number of carbonyl (C=O) groups is 1. The van der Waals surface area contributed by atoms with Gasteiger partial charge in [0.05, 0.1) is 5.56 Å². The molecule has 0 unspecified atom stereocenters. The Morgan fingerprint density at radius 3 is 2.90 bits per heavy atom. The molecule has 1 amide bonds. The van der Waals surface area contributed by atoms with Gasteiger partial charge < -0.3 is 20.4 Å². The lowest BCUT2D eigenvalue weighted by atomic mass is 10.1. The van der Waals surface area contributed by atoms with Crippen LogP contribution in [-0.2, 0) is 4.74 Å². The van der Waals surface area contributed by atoms with E-state index in [1.807, 2.05) is 30.1 Å². The van der Waals surface area contributed by atoms with Gasteiger partial charge in [-0.3, -0.25) is 4.79 Å². The molecule has 0 saturated carbocycles. The van der Waals surface area contributed by atoms with Crippen molar-refractivity contribution < 1.29 is 9.53 Å². The summed E-state index contributed by atoms with van der Waals surface area (Å²) in [6, 6.07) is 5.82. The largest absolute Gasteiger partial charge is 0.399 e. The van der Waals surface area contributed by atoms with E-state index >= 15 is 0 Å². The maximum Gasteiger partial charge on any atom is 0.256 e. The number of fused-ring (bicyclic) bond motifs is 1. The Hall–Kier alpha value is -2.01. The Morgan fingerprint density at radius 2 is 2.15 bits per heavy atom. The van der Waals surface area contributed by atoms with Gasteiger partial charge >= 0.3 is 0 Å². The maximum atomic E-state index is 12.6. The number of carbonyl (C=O) groups excluding carboxylic acids is 1. The number of hydrogen-bond donors (Lipinski definition) is 2. The van der Waals surface area contributed by atoms with Gasteiger partial charge in [-0.2, -0.15) is 0 Å². The first-order chi connectivity index (χ1) is 9.66. The van der Waals surface area contributed by atoms with E-state index in [1.54, 1.807) is 6.20 Å². The molecule has 20 heavy (non-hydrogen) atoms. The minimum Gasteiger partial charge on any atom is -0.399 e. The third-order valence-electron chi connectivity index (χ3n) is 4.00. The van der Waals surface area contributed by atoms with Crippen molar-refractivity contribution >= 4 is 22.5 Å². The number of amides is 1. The summed E-state index contributed by atoms with van der Waals surface area (Å²) in [5, 5.41) is 0.920. The lowest BCUT2D eigenvalue weighted by Crippen LogP contribution is -2.40. The quantitative estimate of drug-likeness (QED) is 0.822. The van der Waals surface area contributed by atoms with E-state index in [1.165, 1.54) is 0 Å². The predicted molar refractivity (Wildman–Crippen MR) is 78.6 cm³/mol. The fourth-order valence-electron chi connectivity index (χ4n) is 2.75. The van der Waals surface area contributed by atoms with Crippen molar-refractivity contribution in [2.24, 2.45) is 0 Å². The summed E-state index contributed by atoms with van der Waals surface area (Å²) >= 11 is 0. The summed E-state index contributed by atoms with van der Waals surface area (Å²) in [6.07, 6.45) is 3.57. The molecule has 1 saturated heterocycles. The van der Waals surface area contributed by atoms with Crippen molar-refractivity contribution in [3.63, 3.8) is 0 Å². The highest BCUT2D eigenvalue weighted by atomic mass is 16.5. The third-order valence-corrected chi connectivity index (χ3v) is 4.00. The summed E-state index contributed by atoms with van der Waals surface area (Å²) in [7, 11) is 1.87. The maximum absolute atomic E-state index is 12.6. The molecule has 0 spiro atoms. The molecule has 0 radical (unpaired) electrons. The van der Waals surface area contributed by atoms with Crippen LogP contribution in [0.25, 0.3) is 10.9 Å². The molecule has 0 aliphatic carbocycles. The van der Waals surface area contributed by atoms with E-state index in [0.29, 0.717) is 11.3 Å². The zero-order valence-electron chi connectivity index (χ0n) is 11.6. The number of nitrogens with one attached hydrogen (secondary N) is 1. The lowest BCUT2D eigenvalue weighted by Gasteiger charge is -2.31. The molecular formula is C15H19N3O2. The van der Waals surface area contributed by atoms with Crippen LogP contribution in [0.4, 0.5) is 5.69 Å². The van der Waals surface area contributed by atoms with Crippen LogP contribution >= 0.6 is 0 Å². The van der Waals surface area contributed by atoms with Crippen LogP contribution in [0.3, 0.4) is 0 Å². The SMILES string of the molecule is CN(C(=O)c1c[nH]c2cc(N)ccc12)C1CCOCC1. The number of ether oxygens (including phenoxy) is 1. The first-order valence-electron chi connectivity index (χ1n) is 6.88. The van der Waals surface area contributed by atoms with E-state index in [0.717, 1.165) is 37.0 Å². The van der Waals surface area contributed by atoms with Gasteiger partial charge in [-0.1, -0.05) is 0 Å². The van der Waals surface area contributed by atoms with Crippen LogP contribution < -0.4 is 5.73 Å². The number of H-pyrrole nitrogens is 1. The number of nitrogens with two attached hydrogens (primary N) is 1.